The molecule has 52 heavy (non-hydrogen) atoms. The van der Waals surface area contributed by atoms with Gasteiger partial charge in [0.15, 0.2) is 5.58 Å². The zero-order valence-electron chi connectivity index (χ0n) is 32.2. The summed E-state index contributed by atoms with van der Waals surface area (Å²) in [5.41, 5.74) is 5.97. The highest BCUT2D eigenvalue weighted by atomic mass is 28.3. The minimum absolute atomic E-state index is 0.0477. The fraction of sp³-hybridized carbons (Fsp3) is 0.457. The maximum Gasteiger partial charge on any atom is 0.240 e. The Balaban J connectivity index is 1.03. The molecule has 5 aromatic rings. The Bertz CT molecular complexity index is 1810. The third kappa shape index (κ3) is 8.31. The van der Waals surface area contributed by atoms with Crippen molar-refractivity contribution in [3.8, 4) is 11.1 Å². The van der Waals surface area contributed by atoms with E-state index in [0.29, 0.717) is 0 Å². The Morgan fingerprint density at radius 2 is 1.44 bits per heavy atom. The first-order chi connectivity index (χ1) is 25.2. The van der Waals surface area contributed by atoms with Crippen LogP contribution in [0.5, 0.6) is 0 Å². The standard InChI is InChI=1S/C46H59N3O2Si/c1-45(2,3)44(51-52(37-19-11-7-12-20-37)38-21-13-8-14-22-38)46(29-15-16-30-46)34-49-31-27-35(28-32-49)23-26-42-40-25-24-39(36-17-9-6-10-18-36)41(33-48(4)5)43(40)50-47-42/h6-14,17-22,24-25,35,44,52H,15-16,23,26-34H2,1-5H3. The summed E-state index contributed by atoms with van der Waals surface area (Å²) < 4.78 is 13.7. The van der Waals surface area contributed by atoms with Crippen molar-refractivity contribution in [3.05, 3.63) is 114 Å². The number of fused-ring (bicyclic) bond motifs is 1. The topological polar surface area (TPSA) is 41.7 Å². The molecule has 1 aliphatic heterocycles. The van der Waals surface area contributed by atoms with Crippen LogP contribution in [0.4, 0.5) is 0 Å². The second-order valence-corrected chi connectivity index (χ2v) is 19.5. The Labute approximate surface area is 314 Å². The van der Waals surface area contributed by atoms with Crippen LogP contribution in [-0.2, 0) is 17.4 Å². The van der Waals surface area contributed by atoms with E-state index < -0.39 is 9.04 Å². The van der Waals surface area contributed by atoms with Crippen LogP contribution >= 0.6 is 0 Å². The summed E-state index contributed by atoms with van der Waals surface area (Å²) in [6, 6.07) is 37.3. The highest BCUT2D eigenvalue weighted by Gasteiger charge is 2.49. The normalized spacial score (nSPS) is 17.8. The van der Waals surface area contributed by atoms with E-state index in [-0.39, 0.29) is 16.9 Å². The zero-order valence-corrected chi connectivity index (χ0v) is 33.3. The van der Waals surface area contributed by atoms with Crippen LogP contribution in [0.25, 0.3) is 22.1 Å². The average molecular weight is 714 g/mol. The molecule has 1 unspecified atom stereocenters. The molecular formula is C46H59N3O2Si. The molecule has 1 aromatic heterocycles. The van der Waals surface area contributed by atoms with Gasteiger partial charge in [-0.05, 0) is 105 Å². The first kappa shape index (κ1) is 36.8. The molecule has 1 saturated heterocycles. The van der Waals surface area contributed by atoms with Crippen molar-refractivity contribution in [1.82, 2.24) is 15.0 Å². The quantitative estimate of drug-likeness (QED) is 0.114. The lowest BCUT2D eigenvalue weighted by molar-refractivity contribution is -0.0501. The smallest absolute Gasteiger partial charge is 0.240 e. The molecule has 0 N–H and O–H groups in total. The van der Waals surface area contributed by atoms with Crippen molar-refractivity contribution >= 4 is 30.4 Å². The van der Waals surface area contributed by atoms with Gasteiger partial charge in [-0.1, -0.05) is 136 Å². The summed E-state index contributed by atoms with van der Waals surface area (Å²) in [5.74, 6) is 0.718. The molecule has 0 spiro atoms. The Morgan fingerprint density at radius 1 is 0.846 bits per heavy atom. The predicted molar refractivity (Wildman–Crippen MR) is 219 cm³/mol. The van der Waals surface area contributed by atoms with Crippen LogP contribution < -0.4 is 10.4 Å². The van der Waals surface area contributed by atoms with E-state index in [4.69, 9.17) is 8.95 Å². The number of likely N-dealkylation sites (tertiary alicyclic amines) is 1. The van der Waals surface area contributed by atoms with E-state index in [9.17, 15) is 0 Å². The summed E-state index contributed by atoms with van der Waals surface area (Å²) in [5, 5.41) is 8.60. The summed E-state index contributed by atoms with van der Waals surface area (Å²) >= 11 is 0. The van der Waals surface area contributed by atoms with E-state index in [1.165, 1.54) is 90.5 Å². The zero-order chi connectivity index (χ0) is 36.1. The van der Waals surface area contributed by atoms with Crippen LogP contribution in [0.3, 0.4) is 0 Å². The average Bonchev–Trinajstić information content (AvgIpc) is 3.80. The molecule has 0 bridgehead atoms. The number of aromatic nitrogens is 1. The minimum Gasteiger partial charge on any atom is -0.407 e. The maximum absolute atomic E-state index is 7.61. The van der Waals surface area contributed by atoms with Crippen molar-refractivity contribution < 1.29 is 8.95 Å². The van der Waals surface area contributed by atoms with Gasteiger partial charge < -0.3 is 18.7 Å². The monoisotopic (exact) mass is 713 g/mol. The number of aryl methyl sites for hydroxylation is 1. The number of hydrogen-bond donors (Lipinski definition) is 0. The summed E-state index contributed by atoms with van der Waals surface area (Å²) in [6.07, 6.45) is 10.00. The van der Waals surface area contributed by atoms with Gasteiger partial charge in [0, 0.05) is 29.5 Å². The molecule has 2 aliphatic rings. The maximum atomic E-state index is 7.61. The molecule has 274 valence electrons. The number of hydrogen-bond acceptors (Lipinski definition) is 5. The van der Waals surface area contributed by atoms with Crippen molar-refractivity contribution in [2.75, 3.05) is 33.7 Å². The molecule has 2 fully saturated rings. The highest BCUT2D eigenvalue weighted by Crippen LogP contribution is 2.49. The van der Waals surface area contributed by atoms with Crippen LogP contribution in [0.2, 0.25) is 0 Å². The Morgan fingerprint density at radius 3 is 2.02 bits per heavy atom. The fourth-order valence-corrected chi connectivity index (χ4v) is 12.3. The molecule has 0 radical (unpaired) electrons. The van der Waals surface area contributed by atoms with Gasteiger partial charge in [0.1, 0.15) is 0 Å². The molecule has 7 rings (SSSR count). The highest BCUT2D eigenvalue weighted by molar-refractivity contribution is 6.80. The lowest BCUT2D eigenvalue weighted by Gasteiger charge is -2.49. The molecule has 6 heteroatoms. The molecular weight excluding hydrogens is 655 g/mol. The molecule has 1 atom stereocenters. The van der Waals surface area contributed by atoms with Gasteiger partial charge in [-0.3, -0.25) is 0 Å². The summed E-state index contributed by atoms with van der Waals surface area (Å²) in [6.45, 7) is 11.6. The second-order valence-electron chi connectivity index (χ2n) is 17.1. The lowest BCUT2D eigenvalue weighted by Crippen LogP contribution is -2.57. The fourth-order valence-electron chi connectivity index (χ4n) is 9.46. The van der Waals surface area contributed by atoms with Crippen LogP contribution in [0.1, 0.15) is 77.0 Å². The molecule has 1 aliphatic carbocycles. The van der Waals surface area contributed by atoms with Gasteiger partial charge in [-0.2, -0.15) is 0 Å². The van der Waals surface area contributed by atoms with Gasteiger partial charge >= 0.3 is 0 Å². The SMILES string of the molecule is CN(C)Cc1c(-c2ccccc2)ccc2c(CCC3CCN(CC4(C(O[SiH](c5ccccc5)c5ccccc5)C(C)(C)C)CCCC4)CC3)noc12. The second kappa shape index (κ2) is 16.2. The van der Waals surface area contributed by atoms with Gasteiger partial charge in [0.05, 0.1) is 11.8 Å². The number of nitrogens with zero attached hydrogens (tertiary/aromatic N) is 3. The lowest BCUT2D eigenvalue weighted by atomic mass is 9.69. The van der Waals surface area contributed by atoms with Crippen LogP contribution in [-0.4, -0.2) is 63.8 Å². The van der Waals surface area contributed by atoms with E-state index in [1.807, 2.05) is 0 Å². The molecule has 5 nitrogen and oxygen atoms in total. The van der Waals surface area contributed by atoms with E-state index in [1.54, 1.807) is 0 Å². The van der Waals surface area contributed by atoms with Crippen LogP contribution in [0.15, 0.2) is 108 Å². The molecule has 0 amide bonds. The number of piperidine rings is 1. The third-order valence-electron chi connectivity index (χ3n) is 11.8. The van der Waals surface area contributed by atoms with Gasteiger partial charge in [0.2, 0.25) is 9.04 Å². The van der Waals surface area contributed by atoms with Crippen molar-refractivity contribution in [1.29, 1.82) is 0 Å². The van der Waals surface area contributed by atoms with Crippen molar-refractivity contribution in [2.24, 2.45) is 16.7 Å². The summed E-state index contributed by atoms with van der Waals surface area (Å²) in [7, 11) is 2.35. The van der Waals surface area contributed by atoms with E-state index in [0.717, 1.165) is 36.7 Å². The summed E-state index contributed by atoms with van der Waals surface area (Å²) in [4.78, 5) is 5.02. The first-order valence-corrected chi connectivity index (χ1v) is 21.4. The van der Waals surface area contributed by atoms with Crippen molar-refractivity contribution in [2.45, 2.75) is 84.8 Å². The van der Waals surface area contributed by atoms with E-state index >= 15 is 0 Å². The van der Waals surface area contributed by atoms with Gasteiger partial charge in [-0.15, -0.1) is 0 Å². The van der Waals surface area contributed by atoms with Crippen molar-refractivity contribution in [3.63, 3.8) is 0 Å². The van der Waals surface area contributed by atoms with Crippen LogP contribution in [0, 0.1) is 16.7 Å². The predicted octanol–water partition coefficient (Wildman–Crippen LogP) is 8.73. The minimum atomic E-state index is -1.89. The number of benzene rings is 4. The number of rotatable bonds is 13. The van der Waals surface area contributed by atoms with Gasteiger partial charge in [-0.25, -0.2) is 0 Å². The molecule has 4 aromatic carbocycles. The largest absolute Gasteiger partial charge is 0.407 e. The third-order valence-corrected chi connectivity index (χ3v) is 14.4. The van der Waals surface area contributed by atoms with E-state index in [2.05, 4.69) is 153 Å². The molecule has 1 saturated carbocycles. The first-order valence-electron chi connectivity index (χ1n) is 19.8. The Hall–Kier alpha value is -3.55. The Kier molecular flexibility index (Phi) is 11.5. The molecule has 2 heterocycles. The van der Waals surface area contributed by atoms with Gasteiger partial charge in [0.25, 0.3) is 0 Å².